The highest BCUT2D eigenvalue weighted by molar-refractivity contribution is 5.42. The van der Waals surface area contributed by atoms with E-state index in [1.165, 1.54) is 24.0 Å². The topological polar surface area (TPSA) is 21.7 Å². The Balaban J connectivity index is 1.54. The molecular weight excluding hydrogens is 322 g/mol. The van der Waals surface area contributed by atoms with Crippen LogP contribution in [0, 0.1) is 0 Å². The normalized spacial score (nSPS) is 16.3. The second-order valence-corrected chi connectivity index (χ2v) is 7.05. The molecule has 0 N–H and O–H groups in total. The maximum atomic E-state index is 5.87. The molecule has 140 valence electrons. The van der Waals surface area contributed by atoms with Crippen molar-refractivity contribution in [2.75, 3.05) is 26.8 Å². The highest BCUT2D eigenvalue weighted by Crippen LogP contribution is 2.31. The van der Waals surface area contributed by atoms with Gasteiger partial charge < -0.3 is 9.47 Å². The second kappa shape index (κ2) is 9.63. The van der Waals surface area contributed by atoms with Gasteiger partial charge in [0.15, 0.2) is 0 Å². The van der Waals surface area contributed by atoms with Crippen molar-refractivity contribution < 1.29 is 9.47 Å². The molecule has 2 aromatic carbocycles. The number of para-hydroxylation sites is 1. The van der Waals surface area contributed by atoms with E-state index >= 15 is 0 Å². The SMILES string of the molecule is CCCN(CCCOc1ccccc1)C1CCc2c(cccc2OC)C1. The van der Waals surface area contributed by atoms with Crippen LogP contribution in [0.2, 0.25) is 0 Å². The van der Waals surface area contributed by atoms with Gasteiger partial charge in [-0.2, -0.15) is 0 Å². The quantitative estimate of drug-likeness (QED) is 0.608. The molecule has 0 aromatic heterocycles. The van der Waals surface area contributed by atoms with E-state index < -0.39 is 0 Å². The monoisotopic (exact) mass is 353 g/mol. The Morgan fingerprint density at radius 3 is 2.65 bits per heavy atom. The number of hydrogen-bond acceptors (Lipinski definition) is 3. The van der Waals surface area contributed by atoms with Crippen molar-refractivity contribution in [3.63, 3.8) is 0 Å². The summed E-state index contributed by atoms with van der Waals surface area (Å²) in [6.45, 7) is 5.31. The standard InChI is InChI=1S/C23H31NO2/c1-3-15-24(16-8-17-26-21-10-5-4-6-11-21)20-13-14-22-19(18-20)9-7-12-23(22)25-2/h4-7,9-12,20H,3,8,13-18H2,1-2H3. The molecule has 0 spiro atoms. The van der Waals surface area contributed by atoms with Crippen molar-refractivity contribution in [2.45, 2.75) is 45.1 Å². The third kappa shape index (κ3) is 4.79. The van der Waals surface area contributed by atoms with E-state index in [9.17, 15) is 0 Å². The minimum absolute atomic E-state index is 0.631. The molecule has 0 aliphatic heterocycles. The third-order valence-corrected chi connectivity index (χ3v) is 5.26. The number of rotatable bonds is 9. The molecule has 0 saturated heterocycles. The minimum Gasteiger partial charge on any atom is -0.496 e. The van der Waals surface area contributed by atoms with Gasteiger partial charge in [-0.3, -0.25) is 4.90 Å². The highest BCUT2D eigenvalue weighted by Gasteiger charge is 2.25. The molecule has 1 unspecified atom stereocenters. The fraction of sp³-hybridized carbons (Fsp3) is 0.478. The Morgan fingerprint density at radius 1 is 1.04 bits per heavy atom. The first-order chi connectivity index (χ1) is 12.8. The van der Waals surface area contributed by atoms with Crippen molar-refractivity contribution in [2.24, 2.45) is 0 Å². The van der Waals surface area contributed by atoms with E-state index in [0.29, 0.717) is 6.04 Å². The van der Waals surface area contributed by atoms with Gasteiger partial charge in [0, 0.05) is 12.6 Å². The number of nitrogens with zero attached hydrogens (tertiary/aromatic N) is 1. The van der Waals surface area contributed by atoms with Crippen LogP contribution in [-0.4, -0.2) is 37.7 Å². The van der Waals surface area contributed by atoms with Gasteiger partial charge in [0.2, 0.25) is 0 Å². The maximum absolute atomic E-state index is 5.87. The summed E-state index contributed by atoms with van der Waals surface area (Å²) in [6, 6.07) is 17.2. The van der Waals surface area contributed by atoms with Crippen LogP contribution in [0.3, 0.4) is 0 Å². The average molecular weight is 354 g/mol. The van der Waals surface area contributed by atoms with Gasteiger partial charge in [-0.25, -0.2) is 0 Å². The maximum Gasteiger partial charge on any atom is 0.122 e. The van der Waals surface area contributed by atoms with Crippen LogP contribution in [-0.2, 0) is 12.8 Å². The number of methoxy groups -OCH3 is 1. The van der Waals surface area contributed by atoms with Crippen LogP contribution in [0.15, 0.2) is 48.5 Å². The van der Waals surface area contributed by atoms with Crippen molar-refractivity contribution in [3.05, 3.63) is 59.7 Å². The number of hydrogen-bond donors (Lipinski definition) is 0. The highest BCUT2D eigenvalue weighted by atomic mass is 16.5. The van der Waals surface area contributed by atoms with Crippen molar-refractivity contribution >= 4 is 0 Å². The predicted octanol–water partition coefficient (Wildman–Crippen LogP) is 4.73. The minimum atomic E-state index is 0.631. The Bertz CT molecular complexity index is 671. The Labute approximate surface area is 157 Å². The van der Waals surface area contributed by atoms with Gasteiger partial charge in [0.25, 0.3) is 0 Å². The lowest BCUT2D eigenvalue weighted by molar-refractivity contribution is 0.164. The first kappa shape index (κ1) is 18.8. The Morgan fingerprint density at radius 2 is 1.88 bits per heavy atom. The molecule has 3 nitrogen and oxygen atoms in total. The van der Waals surface area contributed by atoms with Gasteiger partial charge >= 0.3 is 0 Å². The molecule has 1 atom stereocenters. The van der Waals surface area contributed by atoms with Crippen LogP contribution in [0.1, 0.15) is 37.3 Å². The lowest BCUT2D eigenvalue weighted by Gasteiger charge is -2.35. The van der Waals surface area contributed by atoms with Crippen molar-refractivity contribution in [3.8, 4) is 11.5 Å². The number of fused-ring (bicyclic) bond motifs is 1. The first-order valence-electron chi connectivity index (χ1n) is 9.88. The average Bonchev–Trinajstić information content (AvgIpc) is 2.70. The molecule has 1 aliphatic rings. The molecule has 1 aliphatic carbocycles. The van der Waals surface area contributed by atoms with Crippen LogP contribution in [0.5, 0.6) is 11.5 Å². The second-order valence-electron chi connectivity index (χ2n) is 7.05. The molecule has 0 fully saturated rings. The molecule has 3 heteroatoms. The van der Waals surface area contributed by atoms with Crippen molar-refractivity contribution in [1.29, 1.82) is 0 Å². The van der Waals surface area contributed by atoms with E-state index in [4.69, 9.17) is 9.47 Å². The molecule has 0 amide bonds. The molecule has 3 rings (SSSR count). The zero-order valence-corrected chi connectivity index (χ0v) is 16.1. The van der Waals surface area contributed by atoms with Crippen molar-refractivity contribution in [1.82, 2.24) is 4.90 Å². The summed E-state index contributed by atoms with van der Waals surface area (Å²) in [7, 11) is 1.78. The van der Waals surface area contributed by atoms with E-state index in [1.807, 2.05) is 30.3 Å². The van der Waals surface area contributed by atoms with Crippen LogP contribution in [0.4, 0.5) is 0 Å². The summed E-state index contributed by atoms with van der Waals surface area (Å²) in [5.41, 5.74) is 2.87. The molecule has 2 aromatic rings. The summed E-state index contributed by atoms with van der Waals surface area (Å²) in [4.78, 5) is 2.66. The van der Waals surface area contributed by atoms with Gasteiger partial charge in [-0.05, 0) is 68.0 Å². The smallest absolute Gasteiger partial charge is 0.122 e. The molecule has 0 radical (unpaired) electrons. The third-order valence-electron chi connectivity index (χ3n) is 5.26. The van der Waals surface area contributed by atoms with Gasteiger partial charge in [0.05, 0.1) is 13.7 Å². The lowest BCUT2D eigenvalue weighted by atomic mass is 9.86. The van der Waals surface area contributed by atoms with Crippen LogP contribution >= 0.6 is 0 Å². The van der Waals surface area contributed by atoms with Crippen LogP contribution < -0.4 is 9.47 Å². The summed E-state index contributed by atoms with van der Waals surface area (Å²) >= 11 is 0. The summed E-state index contributed by atoms with van der Waals surface area (Å²) in [6.07, 6.45) is 5.72. The lowest BCUT2D eigenvalue weighted by Crippen LogP contribution is -2.40. The zero-order chi connectivity index (χ0) is 18.2. The first-order valence-corrected chi connectivity index (χ1v) is 9.88. The Hall–Kier alpha value is -2.00. The van der Waals surface area contributed by atoms with E-state index in [-0.39, 0.29) is 0 Å². The van der Waals surface area contributed by atoms with E-state index in [2.05, 4.69) is 30.0 Å². The molecule has 0 bridgehead atoms. The van der Waals surface area contributed by atoms with Crippen LogP contribution in [0.25, 0.3) is 0 Å². The zero-order valence-electron chi connectivity index (χ0n) is 16.1. The van der Waals surface area contributed by atoms with Gasteiger partial charge in [-0.1, -0.05) is 37.3 Å². The largest absolute Gasteiger partial charge is 0.496 e. The number of ether oxygens (including phenoxy) is 2. The van der Waals surface area contributed by atoms with E-state index in [0.717, 1.165) is 50.5 Å². The molecular formula is C23H31NO2. The molecule has 26 heavy (non-hydrogen) atoms. The fourth-order valence-electron chi connectivity index (χ4n) is 3.99. The summed E-state index contributed by atoms with van der Waals surface area (Å²) in [5, 5.41) is 0. The molecule has 0 saturated carbocycles. The summed E-state index contributed by atoms with van der Waals surface area (Å²) < 4.78 is 11.4. The predicted molar refractivity (Wildman–Crippen MR) is 107 cm³/mol. The Kier molecular flexibility index (Phi) is 6.96. The summed E-state index contributed by atoms with van der Waals surface area (Å²) in [5.74, 6) is 2.02. The molecule has 0 heterocycles. The number of benzene rings is 2. The van der Waals surface area contributed by atoms with E-state index in [1.54, 1.807) is 7.11 Å². The van der Waals surface area contributed by atoms with Gasteiger partial charge in [0.1, 0.15) is 11.5 Å². The van der Waals surface area contributed by atoms with Gasteiger partial charge in [-0.15, -0.1) is 0 Å². The fourth-order valence-corrected chi connectivity index (χ4v) is 3.99.